The van der Waals surface area contributed by atoms with Gasteiger partial charge in [-0.2, -0.15) is 9.59 Å². The summed E-state index contributed by atoms with van der Waals surface area (Å²) in [6.45, 7) is 0. The molecule has 0 heterocycles. The quantitative estimate of drug-likeness (QED) is 0.365. The van der Waals surface area contributed by atoms with Crippen molar-refractivity contribution < 1.29 is 22.0 Å². The molecule has 0 atom stereocenters. The van der Waals surface area contributed by atoms with E-state index in [1.807, 2.05) is 0 Å². The van der Waals surface area contributed by atoms with Crippen molar-refractivity contribution in [1.82, 2.24) is 6.15 Å². The number of carbonyl (C=O) groups excluding carboxylic acids is 2. The maximum Gasteiger partial charge on any atom is 0.373 e. The monoisotopic (exact) mass is 160 g/mol. The van der Waals surface area contributed by atoms with Crippen molar-refractivity contribution in [2.45, 2.75) is 14.9 Å². The van der Waals surface area contributed by atoms with E-state index in [0.29, 0.717) is 0 Å². The fourth-order valence-electron chi connectivity index (χ4n) is 0. The third kappa shape index (κ3) is 124. The smallest absolute Gasteiger partial charge is 0.373 e. The molecule has 0 unspecified atom stereocenters. The molecule has 0 aliphatic carbocycles. The largest absolute Gasteiger partial charge is 0.457 e. The molecule has 0 saturated carbocycles. The third-order valence-corrected chi connectivity index (χ3v) is 0. The van der Waals surface area contributed by atoms with Gasteiger partial charge in [-0.1, -0.05) is 14.9 Å². The van der Waals surface area contributed by atoms with Gasteiger partial charge in [0.1, 0.15) is 0 Å². The van der Waals surface area contributed by atoms with Crippen LogP contribution in [0.25, 0.3) is 0 Å². The van der Waals surface area contributed by atoms with Crippen LogP contribution in [0.5, 0.6) is 0 Å². The van der Waals surface area contributed by atoms with Crippen molar-refractivity contribution >= 4 is 6.15 Å². The first-order valence-corrected chi connectivity index (χ1v) is 0.608. The molecule has 0 radical (unpaired) electrons. The molecule has 0 rings (SSSR count). The molecule has 0 saturated heterocycles. The van der Waals surface area contributed by atoms with Crippen LogP contribution < -0.4 is 6.15 Å². The van der Waals surface area contributed by atoms with E-state index >= 15 is 0 Å². The van der Waals surface area contributed by atoms with Gasteiger partial charge in [0.05, 0.1) is 0 Å². The lowest BCUT2D eigenvalue weighted by molar-refractivity contribution is -0.191. The van der Waals surface area contributed by atoms with Gasteiger partial charge in [-0.3, -0.25) is 0 Å². The molecule has 68 valence electrons. The zero-order valence-corrected chi connectivity index (χ0v) is 4.00. The molecule has 8 N–H and O–H groups in total. The van der Waals surface area contributed by atoms with Crippen molar-refractivity contribution in [1.29, 1.82) is 10.8 Å². The van der Waals surface area contributed by atoms with E-state index in [9.17, 15) is 0 Å². The summed E-state index contributed by atoms with van der Waals surface area (Å²) in [4.78, 5) is 16.2. The van der Waals surface area contributed by atoms with E-state index in [-0.39, 0.29) is 39.5 Å². The van der Waals surface area contributed by atoms with Crippen LogP contribution in [0.15, 0.2) is 0 Å². The lowest BCUT2D eigenvalue weighted by atomic mass is 11.8. The second-order valence-corrected chi connectivity index (χ2v) is 0.0833. The van der Waals surface area contributed by atoms with Gasteiger partial charge in [0.2, 0.25) is 0 Å². The lowest BCUT2D eigenvalue weighted by Crippen LogP contribution is -1.22. The number of rotatable bonds is 0. The second kappa shape index (κ2) is 3350. The number of hydrogen-bond donors (Lipinski definition) is 1. The number of nitrogens with zero attached hydrogens (tertiary/aromatic N) is 2. The summed E-state index contributed by atoms with van der Waals surface area (Å²) in [5.74, 6) is 0. The van der Waals surface area contributed by atoms with Gasteiger partial charge in [0, 0.05) is 12.2 Å². The van der Waals surface area contributed by atoms with Gasteiger partial charge in [-0.15, -0.1) is 0 Å². The SMILES string of the molecule is C.C.N.N#N.O.O=C=O.[HH].[OH3+]. The molecule has 0 aromatic heterocycles. The summed E-state index contributed by atoms with van der Waals surface area (Å²) in [5, 5.41) is 12.0. The Bertz CT molecular complexity index is 62.8. The van der Waals surface area contributed by atoms with Crippen molar-refractivity contribution in [3.63, 3.8) is 0 Å². The van der Waals surface area contributed by atoms with Crippen molar-refractivity contribution in [2.24, 2.45) is 0 Å². The van der Waals surface area contributed by atoms with E-state index in [1.54, 1.807) is 0 Å². The van der Waals surface area contributed by atoms with Crippen molar-refractivity contribution in [2.75, 3.05) is 0 Å². The van der Waals surface area contributed by atoms with Crippen LogP contribution in [0.2, 0.25) is 0 Å². The van der Waals surface area contributed by atoms with E-state index in [1.165, 1.54) is 0 Å². The zero-order valence-electron chi connectivity index (χ0n) is 4.00. The Morgan fingerprint density at radius 1 is 1.10 bits per heavy atom. The molecule has 7 heteroatoms. The first-order chi connectivity index (χ1) is 2.41. The van der Waals surface area contributed by atoms with Gasteiger partial charge in [0.25, 0.3) is 0 Å². The van der Waals surface area contributed by atoms with Gasteiger partial charge in [-0.25, -0.2) is 0 Å². The lowest BCUT2D eigenvalue weighted by Gasteiger charge is -0.945. The van der Waals surface area contributed by atoms with E-state index in [4.69, 9.17) is 20.4 Å². The highest BCUT2D eigenvalue weighted by molar-refractivity contribution is 5.20. The van der Waals surface area contributed by atoms with Crippen LogP contribution in [0.1, 0.15) is 16.3 Å². The predicted octanol–water partition coefficient (Wildman–Crippen LogP) is -0.620. The van der Waals surface area contributed by atoms with E-state index < -0.39 is 0 Å². The molecule has 0 bridgehead atoms. The predicted molar refractivity (Wildman–Crippen MR) is 37.5 cm³/mol. The van der Waals surface area contributed by atoms with Gasteiger partial charge < -0.3 is 17.1 Å². The standard InChI is InChI=1S/CO2.2CH4.N2.H3N.2H2O.H2/c2-1-3;;;1-2;;;;/h;2*1H4;;1H3;2*1H2;1H/p+1. The molecule has 0 aliphatic heterocycles. The Morgan fingerprint density at radius 2 is 1.10 bits per heavy atom. The van der Waals surface area contributed by atoms with Crippen LogP contribution in [0, 0.1) is 10.8 Å². The normalized spacial score (nSPS) is 1.00. The topological polar surface area (TPSA) is 181 Å². The van der Waals surface area contributed by atoms with Crippen LogP contribution >= 0.6 is 0 Å². The highest BCUT2D eigenvalue weighted by Crippen LogP contribution is 0.787. The highest BCUT2D eigenvalue weighted by atomic mass is 16.2. The van der Waals surface area contributed by atoms with Crippen LogP contribution in [-0.4, -0.2) is 11.6 Å². The fraction of sp³-hybridized carbons (Fsp3) is 0.667. The minimum absolute atomic E-state index is 0. The number of hydrogen-bond acceptors (Lipinski definition) is 5. The minimum Gasteiger partial charge on any atom is -0.457 e. The van der Waals surface area contributed by atoms with Gasteiger partial charge >= 0.3 is 6.15 Å². The molecule has 10 heavy (non-hydrogen) atoms. The first kappa shape index (κ1) is 181. The Labute approximate surface area is 61.1 Å². The summed E-state index contributed by atoms with van der Waals surface area (Å²) in [6.07, 6.45) is 0.250. The third-order valence-electron chi connectivity index (χ3n) is 0. The summed E-state index contributed by atoms with van der Waals surface area (Å²) < 4.78 is 0. The van der Waals surface area contributed by atoms with Crippen LogP contribution in [-0.2, 0) is 15.1 Å². The maximum absolute atomic E-state index is 8.12. The highest BCUT2D eigenvalue weighted by Gasteiger charge is 1.13. The average Bonchev–Trinajstić information content (AvgIpc) is 1.46. The zero-order chi connectivity index (χ0) is 4.71. The molecule has 0 aromatic rings. The van der Waals surface area contributed by atoms with E-state index in [0.717, 1.165) is 0 Å². The summed E-state index contributed by atoms with van der Waals surface area (Å²) >= 11 is 0. The summed E-state index contributed by atoms with van der Waals surface area (Å²) in [6, 6.07) is 0. The first-order valence-electron chi connectivity index (χ1n) is 0.608. The second-order valence-electron chi connectivity index (χ2n) is 0.0833. The Kier molecular flexibility index (Phi) is 60700. The molecular formula is C3H18N3O4+. The van der Waals surface area contributed by atoms with Crippen LogP contribution in [0.3, 0.4) is 0 Å². The van der Waals surface area contributed by atoms with Gasteiger partial charge in [-0.05, 0) is 0 Å². The summed E-state index contributed by atoms with van der Waals surface area (Å²) in [7, 11) is 0. The summed E-state index contributed by atoms with van der Waals surface area (Å²) in [5.41, 5.74) is 0. The molecule has 0 amide bonds. The molecule has 0 aliphatic rings. The molecular weight excluding hydrogens is 142 g/mol. The Balaban J connectivity index is -0.00000000181. The maximum atomic E-state index is 8.12. The molecule has 0 aromatic carbocycles. The fourth-order valence-corrected chi connectivity index (χ4v) is 0. The average molecular weight is 160 g/mol. The van der Waals surface area contributed by atoms with Gasteiger partial charge in [0.15, 0.2) is 0 Å². The Morgan fingerprint density at radius 3 is 1.10 bits per heavy atom. The molecule has 0 fully saturated rings. The molecule has 7 nitrogen and oxygen atoms in total. The van der Waals surface area contributed by atoms with Crippen molar-refractivity contribution in [3.8, 4) is 0 Å². The minimum atomic E-state index is 0. The van der Waals surface area contributed by atoms with Crippen molar-refractivity contribution in [3.05, 3.63) is 0 Å². The van der Waals surface area contributed by atoms with E-state index in [2.05, 4.69) is 0 Å². The van der Waals surface area contributed by atoms with Crippen LogP contribution in [0.4, 0.5) is 0 Å². The Hall–Kier alpha value is -1.32. The molecule has 0 spiro atoms.